The van der Waals surface area contributed by atoms with E-state index in [-0.39, 0.29) is 0 Å². The van der Waals surface area contributed by atoms with E-state index in [2.05, 4.69) is 5.32 Å². The van der Waals surface area contributed by atoms with E-state index in [9.17, 15) is 44.4 Å². The number of aliphatic hydroxyl groups is 3. The highest BCUT2D eigenvalue weighted by atomic mass is 16.8. The van der Waals surface area contributed by atoms with Crippen molar-refractivity contribution in [3.05, 3.63) is 0 Å². The Kier molecular flexibility index (Phi) is 9.92. The zero-order chi connectivity index (χ0) is 28.2. The molecule has 210 valence electrons. The maximum Gasteiger partial charge on any atom is 0.337 e. The van der Waals surface area contributed by atoms with E-state index in [4.69, 9.17) is 28.4 Å². The highest BCUT2D eigenvalue weighted by molar-refractivity contribution is 5.75. The number of carbonyl (C=O) groups is 5. The normalized spacial score (nSPS) is 37.7. The maximum absolute atomic E-state index is 12.1. The molecule has 16 nitrogen and oxygen atoms in total. The fraction of sp³-hybridized carbons (Fsp3) is 0.762. The quantitative estimate of drug-likeness (QED) is 0.153. The van der Waals surface area contributed by atoms with Gasteiger partial charge in [-0.15, -0.1) is 0 Å². The van der Waals surface area contributed by atoms with E-state index in [1.54, 1.807) is 0 Å². The van der Waals surface area contributed by atoms with Gasteiger partial charge >= 0.3 is 23.9 Å². The summed E-state index contributed by atoms with van der Waals surface area (Å²) >= 11 is 0. The molecule has 2 rings (SSSR count). The lowest BCUT2D eigenvalue weighted by atomic mass is 9.90. The van der Waals surface area contributed by atoms with Gasteiger partial charge in [-0.1, -0.05) is 0 Å². The lowest BCUT2D eigenvalue weighted by Crippen LogP contribution is -2.72. The van der Waals surface area contributed by atoms with Crippen LogP contribution in [0, 0.1) is 0 Å². The predicted octanol–water partition coefficient (Wildman–Crippen LogP) is -3.06. The van der Waals surface area contributed by atoms with Gasteiger partial charge in [0.1, 0.15) is 24.4 Å². The molecule has 1 unspecified atom stereocenters. The van der Waals surface area contributed by atoms with Crippen LogP contribution in [0.25, 0.3) is 0 Å². The smallest absolute Gasteiger partial charge is 0.337 e. The Hall–Kier alpha value is -2.89. The van der Waals surface area contributed by atoms with Crippen LogP contribution in [0.4, 0.5) is 0 Å². The number of rotatable bonds is 8. The van der Waals surface area contributed by atoms with E-state index >= 15 is 0 Å². The van der Waals surface area contributed by atoms with Crippen LogP contribution in [0.3, 0.4) is 0 Å². The summed E-state index contributed by atoms with van der Waals surface area (Å²) in [5, 5.41) is 42.9. The Balaban J connectivity index is 2.63. The molecule has 0 aromatic rings. The summed E-state index contributed by atoms with van der Waals surface area (Å²) in [5.74, 6) is -7.63. The van der Waals surface area contributed by atoms with Crippen LogP contribution < -0.4 is 5.32 Å². The zero-order valence-corrected chi connectivity index (χ0v) is 20.7. The molecule has 2 fully saturated rings. The van der Waals surface area contributed by atoms with E-state index in [1.807, 2.05) is 0 Å². The van der Waals surface area contributed by atoms with Crippen LogP contribution in [0.15, 0.2) is 0 Å². The predicted molar refractivity (Wildman–Crippen MR) is 114 cm³/mol. The number of carboxylic acid groups (broad SMARTS) is 1. The SMILES string of the molecule is CC(=O)N[C@H]1C(O)O[C@H](CO)[C@@H](O)[C@@H]1O[C@]1(C)O[C@H](C(=O)O)[C@@H](OC(C)=O)[C@H](OC(C)=O)[C@H]1OC(C)=O. The minimum atomic E-state index is -2.37. The molecule has 0 bridgehead atoms. The van der Waals surface area contributed by atoms with Gasteiger partial charge in [-0.2, -0.15) is 0 Å². The first-order chi connectivity index (χ1) is 17.1. The van der Waals surface area contributed by atoms with Crippen LogP contribution in [0.2, 0.25) is 0 Å². The third-order valence-electron chi connectivity index (χ3n) is 5.55. The standard InChI is InChI=1S/C21H31NO15/c1-7(24)22-12-14(13(28)11(6-23)35-20(12)31)36-21(5)18(34-10(4)27)16(33-9(3)26)15(32-8(2)25)17(37-21)19(29)30/h11-18,20,23,28,31H,6H2,1-5H3,(H,22,24)(H,29,30)/t11-,12-,13-,14-,15+,16+,17+,18-,20?,21-/m1/s1. The summed E-state index contributed by atoms with van der Waals surface area (Å²) in [7, 11) is 0. The fourth-order valence-corrected chi connectivity index (χ4v) is 4.19. The van der Waals surface area contributed by atoms with Gasteiger partial charge in [0.15, 0.2) is 30.7 Å². The Morgan fingerprint density at radius 2 is 1.43 bits per heavy atom. The van der Waals surface area contributed by atoms with Crippen molar-refractivity contribution in [2.24, 2.45) is 0 Å². The number of aliphatic carboxylic acids is 1. The summed E-state index contributed by atoms with van der Waals surface area (Å²) < 4.78 is 32.1. The number of aliphatic hydroxyl groups excluding tert-OH is 3. The van der Waals surface area contributed by atoms with E-state index < -0.39 is 97.2 Å². The van der Waals surface area contributed by atoms with Crippen LogP contribution >= 0.6 is 0 Å². The third-order valence-corrected chi connectivity index (χ3v) is 5.55. The molecule has 2 saturated heterocycles. The zero-order valence-electron chi connectivity index (χ0n) is 20.7. The van der Waals surface area contributed by atoms with Crippen LogP contribution in [0.5, 0.6) is 0 Å². The minimum Gasteiger partial charge on any atom is -0.479 e. The molecule has 10 atom stereocenters. The number of amides is 1. The summed E-state index contributed by atoms with van der Waals surface area (Å²) in [6.07, 6.45) is -14.1. The average molecular weight is 537 g/mol. The molecule has 0 aromatic heterocycles. The van der Waals surface area contributed by atoms with Gasteiger partial charge in [0, 0.05) is 27.7 Å². The molecule has 2 aliphatic heterocycles. The van der Waals surface area contributed by atoms with Crippen LogP contribution in [0.1, 0.15) is 34.6 Å². The van der Waals surface area contributed by atoms with Crippen molar-refractivity contribution in [3.8, 4) is 0 Å². The molecule has 0 radical (unpaired) electrons. The first-order valence-corrected chi connectivity index (χ1v) is 11.1. The number of hydrogen-bond acceptors (Lipinski definition) is 14. The second-order valence-electron chi connectivity index (χ2n) is 8.62. The monoisotopic (exact) mass is 537 g/mol. The van der Waals surface area contributed by atoms with Crippen molar-refractivity contribution in [2.45, 2.75) is 95.5 Å². The maximum atomic E-state index is 12.1. The van der Waals surface area contributed by atoms with Crippen molar-refractivity contribution in [1.29, 1.82) is 0 Å². The Morgan fingerprint density at radius 1 is 0.892 bits per heavy atom. The molecular formula is C21H31NO15. The number of nitrogens with one attached hydrogen (secondary N) is 1. The van der Waals surface area contributed by atoms with Gasteiger partial charge < -0.3 is 54.2 Å². The minimum absolute atomic E-state index is 0.682. The van der Waals surface area contributed by atoms with Gasteiger partial charge in [0.25, 0.3) is 0 Å². The first-order valence-electron chi connectivity index (χ1n) is 11.1. The van der Waals surface area contributed by atoms with Gasteiger partial charge in [0.05, 0.1) is 6.61 Å². The third kappa shape index (κ3) is 7.12. The van der Waals surface area contributed by atoms with Crippen molar-refractivity contribution in [3.63, 3.8) is 0 Å². The number of ether oxygens (including phenoxy) is 6. The molecule has 16 heteroatoms. The highest BCUT2D eigenvalue weighted by Gasteiger charge is 2.62. The van der Waals surface area contributed by atoms with Crippen molar-refractivity contribution in [1.82, 2.24) is 5.32 Å². The van der Waals surface area contributed by atoms with Gasteiger partial charge in [-0.25, -0.2) is 4.79 Å². The highest BCUT2D eigenvalue weighted by Crippen LogP contribution is 2.39. The van der Waals surface area contributed by atoms with Crippen molar-refractivity contribution in [2.75, 3.05) is 6.61 Å². The molecule has 2 heterocycles. The Bertz CT molecular complexity index is 895. The fourth-order valence-electron chi connectivity index (χ4n) is 4.19. The number of carbonyl (C=O) groups excluding carboxylic acids is 4. The first kappa shape index (κ1) is 30.3. The molecule has 2 aliphatic rings. The number of carboxylic acids is 1. The second kappa shape index (κ2) is 12.1. The van der Waals surface area contributed by atoms with E-state index in [0.717, 1.165) is 34.6 Å². The molecule has 0 aromatic carbocycles. The van der Waals surface area contributed by atoms with Crippen LogP contribution in [-0.4, -0.2) is 118 Å². The van der Waals surface area contributed by atoms with Crippen molar-refractivity contribution >= 4 is 29.8 Å². The van der Waals surface area contributed by atoms with Gasteiger partial charge in [-0.3, -0.25) is 19.2 Å². The lowest BCUT2D eigenvalue weighted by Gasteiger charge is -2.51. The largest absolute Gasteiger partial charge is 0.479 e. The topological polar surface area (TPSA) is 234 Å². The van der Waals surface area contributed by atoms with E-state index in [0.29, 0.717) is 0 Å². The number of esters is 3. The molecule has 0 spiro atoms. The van der Waals surface area contributed by atoms with Crippen LogP contribution in [-0.2, 0) is 52.4 Å². The lowest BCUT2D eigenvalue weighted by molar-refractivity contribution is -0.382. The summed E-state index contributed by atoms with van der Waals surface area (Å²) in [6.45, 7) is 4.29. The summed E-state index contributed by atoms with van der Waals surface area (Å²) in [6, 6.07) is -1.49. The van der Waals surface area contributed by atoms with E-state index in [1.165, 1.54) is 0 Å². The Labute approximate surface area is 210 Å². The number of hydrogen-bond donors (Lipinski definition) is 5. The molecule has 0 saturated carbocycles. The molecule has 1 amide bonds. The van der Waals surface area contributed by atoms with Crippen molar-refractivity contribution < 1.29 is 72.8 Å². The molecule has 0 aliphatic carbocycles. The Morgan fingerprint density at radius 3 is 1.89 bits per heavy atom. The molecule has 37 heavy (non-hydrogen) atoms. The molecular weight excluding hydrogens is 506 g/mol. The second-order valence-corrected chi connectivity index (χ2v) is 8.62. The van der Waals surface area contributed by atoms with Gasteiger partial charge in [0.2, 0.25) is 11.7 Å². The van der Waals surface area contributed by atoms with Gasteiger partial charge in [-0.05, 0) is 6.92 Å². The molecule has 5 N–H and O–H groups in total. The summed E-state index contributed by atoms with van der Waals surface area (Å²) in [4.78, 5) is 59.5. The average Bonchev–Trinajstić information content (AvgIpc) is 2.76. The summed E-state index contributed by atoms with van der Waals surface area (Å²) in [5.41, 5.74) is 0.